The molecular formula is C19H18N4O3S2. The quantitative estimate of drug-likeness (QED) is 0.615. The number of aromatic nitrogens is 2. The molecular weight excluding hydrogens is 396 g/mol. The molecule has 3 rings (SSSR count). The molecule has 0 unspecified atom stereocenters. The molecule has 1 aromatic heterocycles. The number of nitrogens with zero attached hydrogens (tertiary/aromatic N) is 2. The lowest BCUT2D eigenvalue weighted by atomic mass is 10.1. The summed E-state index contributed by atoms with van der Waals surface area (Å²) in [6.07, 6.45) is 4.90. The number of carbonyl (C=O) groups is 1. The minimum atomic E-state index is -3.81. The van der Waals surface area contributed by atoms with Crippen molar-refractivity contribution < 1.29 is 13.2 Å². The highest BCUT2D eigenvalue weighted by atomic mass is 32.2. The van der Waals surface area contributed by atoms with Crippen molar-refractivity contribution >= 4 is 39.3 Å². The van der Waals surface area contributed by atoms with Crippen LogP contribution < -0.4 is 10.0 Å². The third kappa shape index (κ3) is 5.08. The third-order valence-corrected chi connectivity index (χ3v) is 5.71. The first kappa shape index (κ1) is 19.8. The number of anilines is 2. The SMILES string of the molecule is CSCc1ccc(C(=O)Nc2ccc(S(=O)(=O)Nc3ncccn3)cc2)cc1. The maximum Gasteiger partial charge on any atom is 0.264 e. The van der Waals surface area contributed by atoms with E-state index in [0.29, 0.717) is 11.3 Å². The van der Waals surface area contributed by atoms with Gasteiger partial charge in [-0.25, -0.2) is 23.1 Å². The Morgan fingerprint density at radius 2 is 1.64 bits per heavy atom. The van der Waals surface area contributed by atoms with Gasteiger partial charge in [0, 0.05) is 29.4 Å². The highest BCUT2D eigenvalue weighted by Crippen LogP contribution is 2.17. The second kappa shape index (κ2) is 8.85. The van der Waals surface area contributed by atoms with Crippen molar-refractivity contribution in [3.63, 3.8) is 0 Å². The maximum absolute atomic E-state index is 12.4. The number of amides is 1. The van der Waals surface area contributed by atoms with E-state index in [1.165, 1.54) is 36.7 Å². The average molecular weight is 415 g/mol. The second-order valence-electron chi connectivity index (χ2n) is 5.79. The van der Waals surface area contributed by atoms with Crippen LogP contribution in [0.5, 0.6) is 0 Å². The van der Waals surface area contributed by atoms with Crippen LogP contribution >= 0.6 is 11.8 Å². The van der Waals surface area contributed by atoms with Gasteiger partial charge in [-0.3, -0.25) is 4.79 Å². The number of thioether (sulfide) groups is 1. The Hall–Kier alpha value is -2.91. The Morgan fingerprint density at radius 1 is 1.00 bits per heavy atom. The molecule has 0 spiro atoms. The average Bonchev–Trinajstić information content (AvgIpc) is 2.69. The van der Waals surface area contributed by atoms with Crippen molar-refractivity contribution in [3.05, 3.63) is 78.1 Å². The van der Waals surface area contributed by atoms with Gasteiger partial charge in [-0.2, -0.15) is 11.8 Å². The standard InChI is InChI=1S/C19H18N4O3S2/c1-27-13-14-3-5-15(6-4-14)18(24)22-16-7-9-17(10-8-16)28(25,26)23-19-20-11-2-12-21-19/h2-12H,13H2,1H3,(H,22,24)(H,20,21,23). The van der Waals surface area contributed by atoms with Crippen molar-refractivity contribution in [1.82, 2.24) is 9.97 Å². The third-order valence-electron chi connectivity index (χ3n) is 3.74. The van der Waals surface area contributed by atoms with Gasteiger partial charge in [-0.15, -0.1) is 0 Å². The van der Waals surface area contributed by atoms with Crippen LogP contribution in [0.25, 0.3) is 0 Å². The smallest absolute Gasteiger partial charge is 0.264 e. The summed E-state index contributed by atoms with van der Waals surface area (Å²) >= 11 is 1.71. The number of carbonyl (C=O) groups excluding carboxylic acids is 1. The summed E-state index contributed by atoms with van der Waals surface area (Å²) in [5.74, 6) is 0.617. The predicted octanol–water partition coefficient (Wildman–Crippen LogP) is 3.39. The Balaban J connectivity index is 1.67. The molecule has 0 fully saturated rings. The van der Waals surface area contributed by atoms with Crippen molar-refractivity contribution in [2.24, 2.45) is 0 Å². The van der Waals surface area contributed by atoms with Crippen molar-refractivity contribution in [2.45, 2.75) is 10.6 Å². The van der Waals surface area contributed by atoms with Crippen LogP contribution in [0.3, 0.4) is 0 Å². The fraction of sp³-hybridized carbons (Fsp3) is 0.105. The lowest BCUT2D eigenvalue weighted by Gasteiger charge is -2.09. The molecule has 28 heavy (non-hydrogen) atoms. The number of hydrogen-bond acceptors (Lipinski definition) is 6. The van der Waals surface area contributed by atoms with Crippen molar-refractivity contribution in [2.75, 3.05) is 16.3 Å². The van der Waals surface area contributed by atoms with Gasteiger partial charge in [0.25, 0.3) is 15.9 Å². The van der Waals surface area contributed by atoms with Gasteiger partial charge in [0.2, 0.25) is 5.95 Å². The molecule has 0 bridgehead atoms. The molecule has 0 aliphatic carbocycles. The maximum atomic E-state index is 12.4. The number of sulfonamides is 1. The fourth-order valence-electron chi connectivity index (χ4n) is 2.37. The molecule has 2 aromatic carbocycles. The lowest BCUT2D eigenvalue weighted by Crippen LogP contribution is -2.15. The van der Waals surface area contributed by atoms with Gasteiger partial charge < -0.3 is 5.32 Å². The van der Waals surface area contributed by atoms with Gasteiger partial charge in [0.05, 0.1) is 4.90 Å². The van der Waals surface area contributed by atoms with Crippen LogP contribution in [-0.2, 0) is 15.8 Å². The monoisotopic (exact) mass is 414 g/mol. The van der Waals surface area contributed by atoms with Crippen LogP contribution in [-0.4, -0.2) is 30.5 Å². The second-order valence-corrected chi connectivity index (χ2v) is 8.33. The van der Waals surface area contributed by atoms with Gasteiger partial charge in [0.15, 0.2) is 0 Å². The summed E-state index contributed by atoms with van der Waals surface area (Å²) < 4.78 is 27.0. The molecule has 2 N–H and O–H groups in total. The summed E-state index contributed by atoms with van der Waals surface area (Å²) in [7, 11) is -3.81. The molecule has 9 heteroatoms. The summed E-state index contributed by atoms with van der Waals surface area (Å²) in [6, 6.07) is 14.8. The highest BCUT2D eigenvalue weighted by molar-refractivity contribution is 7.97. The van der Waals surface area contributed by atoms with E-state index in [9.17, 15) is 13.2 Å². The lowest BCUT2D eigenvalue weighted by molar-refractivity contribution is 0.102. The van der Waals surface area contributed by atoms with E-state index in [0.717, 1.165) is 11.3 Å². The summed E-state index contributed by atoms with van der Waals surface area (Å²) in [5.41, 5.74) is 2.17. The van der Waals surface area contributed by atoms with E-state index in [1.54, 1.807) is 30.0 Å². The minimum absolute atomic E-state index is 0.00945. The van der Waals surface area contributed by atoms with Gasteiger partial charge >= 0.3 is 0 Å². The van der Waals surface area contributed by atoms with E-state index in [-0.39, 0.29) is 16.8 Å². The molecule has 3 aromatic rings. The molecule has 0 atom stereocenters. The normalized spacial score (nSPS) is 11.0. The molecule has 0 saturated carbocycles. The summed E-state index contributed by atoms with van der Waals surface area (Å²) in [5, 5.41) is 2.75. The molecule has 0 radical (unpaired) electrons. The summed E-state index contributed by atoms with van der Waals surface area (Å²) in [6.45, 7) is 0. The van der Waals surface area contributed by atoms with E-state index in [1.807, 2.05) is 18.4 Å². The Kier molecular flexibility index (Phi) is 6.27. The van der Waals surface area contributed by atoms with Crippen molar-refractivity contribution in [3.8, 4) is 0 Å². The molecule has 7 nitrogen and oxygen atoms in total. The number of rotatable bonds is 7. The van der Waals surface area contributed by atoms with E-state index in [2.05, 4.69) is 20.0 Å². The largest absolute Gasteiger partial charge is 0.322 e. The van der Waals surface area contributed by atoms with Crippen LogP contribution in [0.4, 0.5) is 11.6 Å². The predicted molar refractivity (Wildman–Crippen MR) is 111 cm³/mol. The van der Waals surface area contributed by atoms with Crippen LogP contribution in [0, 0.1) is 0 Å². The van der Waals surface area contributed by atoms with E-state index in [4.69, 9.17) is 0 Å². The zero-order valence-corrected chi connectivity index (χ0v) is 16.6. The molecule has 0 aliphatic heterocycles. The van der Waals surface area contributed by atoms with Crippen LogP contribution in [0.2, 0.25) is 0 Å². The zero-order valence-electron chi connectivity index (χ0n) is 15.0. The molecule has 1 amide bonds. The van der Waals surface area contributed by atoms with Crippen molar-refractivity contribution in [1.29, 1.82) is 0 Å². The van der Waals surface area contributed by atoms with E-state index >= 15 is 0 Å². The first-order chi connectivity index (χ1) is 13.5. The number of hydrogen-bond donors (Lipinski definition) is 2. The Labute approximate surface area is 167 Å². The zero-order chi connectivity index (χ0) is 20.0. The minimum Gasteiger partial charge on any atom is -0.322 e. The Morgan fingerprint density at radius 3 is 2.25 bits per heavy atom. The van der Waals surface area contributed by atoms with E-state index < -0.39 is 10.0 Å². The number of benzene rings is 2. The van der Waals surface area contributed by atoms with Crippen LogP contribution in [0.1, 0.15) is 15.9 Å². The van der Waals surface area contributed by atoms with Gasteiger partial charge in [-0.1, -0.05) is 12.1 Å². The topological polar surface area (TPSA) is 101 Å². The molecule has 1 heterocycles. The molecule has 0 saturated heterocycles. The van der Waals surface area contributed by atoms with Gasteiger partial charge in [-0.05, 0) is 54.3 Å². The first-order valence-electron chi connectivity index (χ1n) is 8.27. The fourth-order valence-corrected chi connectivity index (χ4v) is 3.85. The van der Waals surface area contributed by atoms with Gasteiger partial charge in [0.1, 0.15) is 0 Å². The molecule has 0 aliphatic rings. The molecule has 144 valence electrons. The number of nitrogens with one attached hydrogen (secondary N) is 2. The van der Waals surface area contributed by atoms with Crippen LogP contribution in [0.15, 0.2) is 71.9 Å². The Bertz CT molecular complexity index is 1040. The summed E-state index contributed by atoms with van der Waals surface area (Å²) in [4.78, 5) is 20.1. The first-order valence-corrected chi connectivity index (χ1v) is 11.1. The highest BCUT2D eigenvalue weighted by Gasteiger charge is 2.15.